The van der Waals surface area contributed by atoms with E-state index >= 15 is 0 Å². The number of nitrogens with one attached hydrogen (secondary N) is 1. The van der Waals surface area contributed by atoms with Crippen molar-refractivity contribution in [2.75, 3.05) is 13.7 Å². The van der Waals surface area contributed by atoms with E-state index in [0.717, 1.165) is 5.56 Å². The van der Waals surface area contributed by atoms with Crippen molar-refractivity contribution in [1.29, 1.82) is 0 Å². The number of carbonyl (C=O) groups is 1. The first kappa shape index (κ1) is 15.3. The maximum absolute atomic E-state index is 11.5. The summed E-state index contributed by atoms with van der Waals surface area (Å²) in [5.41, 5.74) is 0.388. The number of aromatic hydroxyl groups is 1. The lowest BCUT2D eigenvalue weighted by atomic mass is 10.2. The standard InChI is InChI=1S/C14H21NO4/c1-14(2,3)19-13(17)9-15-8-10-5-6-12(18-4)11(16)7-10/h5-7,15-16H,8-9H2,1-4H3. The van der Waals surface area contributed by atoms with Crippen LogP contribution in [0.5, 0.6) is 11.5 Å². The third kappa shape index (κ3) is 5.61. The molecule has 0 bridgehead atoms. The molecule has 106 valence electrons. The maximum Gasteiger partial charge on any atom is 0.320 e. The van der Waals surface area contributed by atoms with Crippen LogP contribution >= 0.6 is 0 Å². The third-order valence-corrected chi connectivity index (χ3v) is 2.26. The predicted octanol–water partition coefficient (Wildman–Crippen LogP) is 1.83. The predicted molar refractivity (Wildman–Crippen MR) is 72.2 cm³/mol. The monoisotopic (exact) mass is 267 g/mol. The van der Waals surface area contributed by atoms with Gasteiger partial charge in [-0.3, -0.25) is 4.79 Å². The third-order valence-electron chi connectivity index (χ3n) is 2.26. The number of benzene rings is 1. The Morgan fingerprint density at radius 3 is 2.58 bits per heavy atom. The Morgan fingerprint density at radius 2 is 2.05 bits per heavy atom. The van der Waals surface area contributed by atoms with E-state index in [1.165, 1.54) is 7.11 Å². The molecule has 2 N–H and O–H groups in total. The van der Waals surface area contributed by atoms with Gasteiger partial charge in [-0.25, -0.2) is 0 Å². The lowest BCUT2D eigenvalue weighted by molar-refractivity contribution is -0.153. The zero-order valence-electron chi connectivity index (χ0n) is 11.8. The summed E-state index contributed by atoms with van der Waals surface area (Å²) in [4.78, 5) is 11.5. The normalized spacial score (nSPS) is 11.2. The summed E-state index contributed by atoms with van der Waals surface area (Å²) in [5.74, 6) is 0.209. The minimum absolute atomic E-state index is 0.0825. The number of ether oxygens (including phenoxy) is 2. The van der Waals surface area contributed by atoms with Gasteiger partial charge in [0.25, 0.3) is 0 Å². The molecule has 0 radical (unpaired) electrons. The van der Waals surface area contributed by atoms with Crippen molar-refractivity contribution in [1.82, 2.24) is 5.32 Å². The first-order chi connectivity index (χ1) is 8.81. The van der Waals surface area contributed by atoms with Gasteiger partial charge in [-0.2, -0.15) is 0 Å². The van der Waals surface area contributed by atoms with E-state index in [2.05, 4.69) is 5.32 Å². The summed E-state index contributed by atoms with van der Waals surface area (Å²) in [6.07, 6.45) is 0. The van der Waals surface area contributed by atoms with E-state index in [0.29, 0.717) is 12.3 Å². The van der Waals surface area contributed by atoms with E-state index in [-0.39, 0.29) is 18.3 Å². The van der Waals surface area contributed by atoms with Crippen LogP contribution in [0.25, 0.3) is 0 Å². The molecule has 0 aliphatic carbocycles. The Labute approximate surface area is 113 Å². The highest BCUT2D eigenvalue weighted by Crippen LogP contribution is 2.25. The summed E-state index contributed by atoms with van der Waals surface area (Å²) in [5, 5.41) is 12.6. The van der Waals surface area contributed by atoms with Gasteiger partial charge in [0.1, 0.15) is 5.60 Å². The van der Waals surface area contributed by atoms with Crippen molar-refractivity contribution in [2.45, 2.75) is 32.9 Å². The van der Waals surface area contributed by atoms with Crippen LogP contribution in [-0.4, -0.2) is 30.3 Å². The number of esters is 1. The molecule has 5 heteroatoms. The van der Waals surface area contributed by atoms with Gasteiger partial charge >= 0.3 is 5.97 Å². The Kier molecular flexibility index (Phi) is 5.18. The fraction of sp³-hybridized carbons (Fsp3) is 0.500. The van der Waals surface area contributed by atoms with Crippen molar-refractivity contribution < 1.29 is 19.4 Å². The second-order valence-corrected chi connectivity index (χ2v) is 5.20. The molecule has 0 saturated heterocycles. The zero-order valence-corrected chi connectivity index (χ0v) is 11.8. The molecule has 1 aromatic carbocycles. The van der Waals surface area contributed by atoms with E-state index in [9.17, 15) is 9.90 Å². The average Bonchev–Trinajstić information content (AvgIpc) is 2.26. The van der Waals surface area contributed by atoms with Crippen molar-refractivity contribution >= 4 is 5.97 Å². The van der Waals surface area contributed by atoms with Crippen LogP contribution < -0.4 is 10.1 Å². The Morgan fingerprint density at radius 1 is 1.37 bits per heavy atom. The van der Waals surface area contributed by atoms with E-state index < -0.39 is 5.60 Å². The van der Waals surface area contributed by atoms with Crippen LogP contribution in [0.4, 0.5) is 0 Å². The molecule has 19 heavy (non-hydrogen) atoms. The zero-order chi connectivity index (χ0) is 14.5. The van der Waals surface area contributed by atoms with Crippen molar-refractivity contribution in [3.63, 3.8) is 0 Å². The van der Waals surface area contributed by atoms with Gasteiger partial charge in [-0.15, -0.1) is 0 Å². The minimum Gasteiger partial charge on any atom is -0.504 e. The van der Waals surface area contributed by atoms with Crippen LogP contribution in [0, 0.1) is 0 Å². The molecule has 1 rings (SSSR count). The number of carbonyl (C=O) groups excluding carboxylic acids is 1. The Bertz CT molecular complexity index is 438. The smallest absolute Gasteiger partial charge is 0.320 e. The van der Waals surface area contributed by atoms with Gasteiger partial charge in [0.2, 0.25) is 0 Å². The summed E-state index contributed by atoms with van der Waals surface area (Å²) in [6.45, 7) is 6.08. The van der Waals surface area contributed by atoms with Gasteiger partial charge in [-0.1, -0.05) is 6.07 Å². The molecule has 1 aromatic rings. The highest BCUT2D eigenvalue weighted by atomic mass is 16.6. The number of phenolic OH excluding ortho intramolecular Hbond substituents is 1. The second kappa shape index (κ2) is 6.43. The van der Waals surface area contributed by atoms with Gasteiger partial charge in [0.05, 0.1) is 13.7 Å². The average molecular weight is 267 g/mol. The second-order valence-electron chi connectivity index (χ2n) is 5.20. The molecule has 0 fully saturated rings. The van der Waals surface area contributed by atoms with E-state index in [1.54, 1.807) is 12.1 Å². The number of hydrogen-bond donors (Lipinski definition) is 2. The van der Waals surface area contributed by atoms with Crippen LogP contribution in [0.1, 0.15) is 26.3 Å². The number of methoxy groups -OCH3 is 1. The molecule has 0 aliphatic heterocycles. The van der Waals surface area contributed by atoms with Crippen LogP contribution in [-0.2, 0) is 16.1 Å². The first-order valence-corrected chi connectivity index (χ1v) is 6.10. The largest absolute Gasteiger partial charge is 0.504 e. The van der Waals surface area contributed by atoms with Gasteiger partial charge in [0.15, 0.2) is 11.5 Å². The van der Waals surface area contributed by atoms with E-state index in [1.807, 2.05) is 26.8 Å². The Hall–Kier alpha value is -1.75. The lowest BCUT2D eigenvalue weighted by Crippen LogP contribution is -2.31. The maximum atomic E-state index is 11.5. The topological polar surface area (TPSA) is 67.8 Å². The van der Waals surface area contributed by atoms with Gasteiger partial charge in [-0.05, 0) is 38.5 Å². The Balaban J connectivity index is 2.41. The molecule has 0 amide bonds. The lowest BCUT2D eigenvalue weighted by Gasteiger charge is -2.19. The quantitative estimate of drug-likeness (QED) is 0.797. The van der Waals surface area contributed by atoms with Crippen LogP contribution in [0.3, 0.4) is 0 Å². The summed E-state index contributed by atoms with van der Waals surface area (Å²) in [7, 11) is 1.50. The first-order valence-electron chi connectivity index (χ1n) is 6.10. The SMILES string of the molecule is COc1ccc(CNCC(=O)OC(C)(C)C)cc1O. The molecule has 0 aromatic heterocycles. The van der Waals surface area contributed by atoms with Crippen molar-refractivity contribution in [3.05, 3.63) is 23.8 Å². The fourth-order valence-corrected chi connectivity index (χ4v) is 1.53. The number of hydrogen-bond acceptors (Lipinski definition) is 5. The minimum atomic E-state index is -0.475. The fourth-order valence-electron chi connectivity index (χ4n) is 1.53. The molecule has 0 heterocycles. The summed E-state index contributed by atoms with van der Waals surface area (Å²) in [6, 6.07) is 5.10. The molecule has 5 nitrogen and oxygen atoms in total. The molecular formula is C14H21NO4. The highest BCUT2D eigenvalue weighted by Gasteiger charge is 2.15. The molecular weight excluding hydrogens is 246 g/mol. The highest BCUT2D eigenvalue weighted by molar-refractivity contribution is 5.72. The number of rotatable bonds is 5. The number of phenols is 1. The van der Waals surface area contributed by atoms with Crippen molar-refractivity contribution in [3.8, 4) is 11.5 Å². The van der Waals surface area contributed by atoms with E-state index in [4.69, 9.17) is 9.47 Å². The van der Waals surface area contributed by atoms with Crippen LogP contribution in [0.15, 0.2) is 18.2 Å². The molecule has 0 unspecified atom stereocenters. The van der Waals surface area contributed by atoms with Gasteiger partial charge in [0, 0.05) is 6.54 Å². The molecule has 0 aliphatic rings. The summed E-state index contributed by atoms with van der Waals surface area (Å²) < 4.78 is 10.1. The van der Waals surface area contributed by atoms with Gasteiger partial charge < -0.3 is 19.9 Å². The summed E-state index contributed by atoms with van der Waals surface area (Å²) >= 11 is 0. The molecule has 0 spiro atoms. The molecule has 0 saturated carbocycles. The molecule has 0 atom stereocenters. The van der Waals surface area contributed by atoms with Crippen molar-refractivity contribution in [2.24, 2.45) is 0 Å². The van der Waals surface area contributed by atoms with Crippen LogP contribution in [0.2, 0.25) is 0 Å².